The molecule has 1 aliphatic heterocycles. The number of fused-ring (bicyclic) bond motifs is 3. The monoisotopic (exact) mass is 294 g/mol. The van der Waals surface area contributed by atoms with Crippen LogP contribution in [-0.2, 0) is 19.5 Å². The van der Waals surface area contributed by atoms with Gasteiger partial charge in [-0.15, -0.1) is 0 Å². The minimum atomic E-state index is -0.153. The fraction of sp³-hybridized carbons (Fsp3) is 0.263. The van der Waals surface area contributed by atoms with Crippen molar-refractivity contribution in [3.63, 3.8) is 0 Å². The Hall–Kier alpha value is -2.13. The van der Waals surface area contributed by atoms with Crippen LogP contribution in [0, 0.1) is 5.82 Å². The van der Waals surface area contributed by atoms with Crippen molar-refractivity contribution in [1.82, 2.24) is 9.88 Å². The maximum atomic E-state index is 13.5. The molecule has 2 heterocycles. The number of hydrogen-bond donors (Lipinski definition) is 1. The molecule has 0 aliphatic carbocycles. The molecule has 1 aliphatic rings. The summed E-state index contributed by atoms with van der Waals surface area (Å²) in [6, 6.07) is 15.6. The normalized spacial score (nSPS) is 15.7. The van der Waals surface area contributed by atoms with Gasteiger partial charge in [0.2, 0.25) is 0 Å². The Morgan fingerprint density at radius 2 is 1.95 bits per heavy atom. The molecule has 0 spiro atoms. The minimum Gasteiger partial charge on any atom is -0.357 e. The van der Waals surface area contributed by atoms with E-state index in [0.29, 0.717) is 0 Å². The molecular weight excluding hydrogens is 275 g/mol. The second kappa shape index (κ2) is 5.58. The quantitative estimate of drug-likeness (QED) is 0.748. The Balaban J connectivity index is 1.64. The number of H-pyrrole nitrogens is 1. The molecule has 1 N–H and O–H groups in total. The highest BCUT2D eigenvalue weighted by atomic mass is 19.1. The molecule has 0 radical (unpaired) electrons. The zero-order valence-electron chi connectivity index (χ0n) is 12.5. The van der Waals surface area contributed by atoms with Crippen LogP contribution in [0.25, 0.3) is 10.9 Å². The van der Waals surface area contributed by atoms with Crippen LogP contribution < -0.4 is 0 Å². The molecule has 0 atom stereocenters. The number of nitrogens with zero attached hydrogens (tertiary/aromatic N) is 1. The summed E-state index contributed by atoms with van der Waals surface area (Å²) >= 11 is 0. The van der Waals surface area contributed by atoms with E-state index in [-0.39, 0.29) is 5.82 Å². The Bertz CT molecular complexity index is 792. The van der Waals surface area contributed by atoms with Gasteiger partial charge in [-0.05, 0) is 48.7 Å². The van der Waals surface area contributed by atoms with Crippen molar-refractivity contribution in [2.75, 3.05) is 6.54 Å². The summed E-state index contributed by atoms with van der Waals surface area (Å²) in [5.41, 5.74) is 4.93. The van der Waals surface area contributed by atoms with Crippen molar-refractivity contribution in [3.05, 3.63) is 71.2 Å². The maximum Gasteiger partial charge on any atom is 0.123 e. The Labute approximate surface area is 129 Å². The van der Waals surface area contributed by atoms with Gasteiger partial charge in [0.15, 0.2) is 0 Å². The average Bonchev–Trinajstić information content (AvgIpc) is 2.73. The molecule has 112 valence electrons. The lowest BCUT2D eigenvalue weighted by molar-refractivity contribution is 0.258. The smallest absolute Gasteiger partial charge is 0.123 e. The van der Waals surface area contributed by atoms with Gasteiger partial charge in [-0.3, -0.25) is 4.90 Å². The molecule has 2 aromatic carbocycles. The molecular formula is C19H19FN2. The first-order chi connectivity index (χ1) is 10.8. The van der Waals surface area contributed by atoms with Gasteiger partial charge >= 0.3 is 0 Å². The third kappa shape index (κ3) is 2.53. The molecule has 0 bridgehead atoms. The van der Waals surface area contributed by atoms with E-state index in [1.807, 2.05) is 6.07 Å². The lowest BCUT2D eigenvalue weighted by Crippen LogP contribution is -2.22. The van der Waals surface area contributed by atoms with E-state index in [2.05, 4.69) is 40.2 Å². The first-order valence-electron chi connectivity index (χ1n) is 7.85. The van der Waals surface area contributed by atoms with Crippen LogP contribution in [0.15, 0.2) is 48.5 Å². The van der Waals surface area contributed by atoms with Gasteiger partial charge in [-0.2, -0.15) is 0 Å². The zero-order chi connectivity index (χ0) is 14.9. The van der Waals surface area contributed by atoms with Crippen LogP contribution in [0.5, 0.6) is 0 Å². The molecule has 0 amide bonds. The predicted octanol–water partition coefficient (Wildman–Crippen LogP) is 4.26. The SMILES string of the molecule is Fc1ccc2[nH]c3c(c2c1)CCCN(Cc1ccccc1)C3. The van der Waals surface area contributed by atoms with Crippen molar-refractivity contribution < 1.29 is 4.39 Å². The molecule has 1 aromatic heterocycles. The van der Waals surface area contributed by atoms with E-state index in [0.717, 1.165) is 43.4 Å². The Morgan fingerprint density at radius 1 is 1.09 bits per heavy atom. The van der Waals surface area contributed by atoms with E-state index >= 15 is 0 Å². The van der Waals surface area contributed by atoms with Crippen LogP contribution in [0.2, 0.25) is 0 Å². The number of hydrogen-bond acceptors (Lipinski definition) is 1. The topological polar surface area (TPSA) is 19.0 Å². The molecule has 2 nitrogen and oxygen atoms in total. The first-order valence-corrected chi connectivity index (χ1v) is 7.85. The highest BCUT2D eigenvalue weighted by Crippen LogP contribution is 2.28. The summed E-state index contributed by atoms with van der Waals surface area (Å²) in [6.07, 6.45) is 2.13. The minimum absolute atomic E-state index is 0.153. The summed E-state index contributed by atoms with van der Waals surface area (Å²) in [4.78, 5) is 5.96. The standard InChI is InChI=1S/C19H19FN2/c20-15-8-9-18-17(11-15)16-7-4-10-22(13-19(16)21-18)12-14-5-2-1-3-6-14/h1-3,5-6,8-9,11,21H,4,7,10,12-13H2. The average molecular weight is 294 g/mol. The van der Waals surface area contributed by atoms with E-state index in [1.54, 1.807) is 6.07 Å². The molecule has 0 saturated heterocycles. The fourth-order valence-electron chi connectivity index (χ4n) is 3.45. The number of rotatable bonds is 2. The molecule has 3 aromatic rings. The third-order valence-electron chi connectivity index (χ3n) is 4.49. The zero-order valence-corrected chi connectivity index (χ0v) is 12.5. The first kappa shape index (κ1) is 13.5. The molecule has 22 heavy (non-hydrogen) atoms. The lowest BCUT2D eigenvalue weighted by Gasteiger charge is -2.19. The number of nitrogens with one attached hydrogen (secondary N) is 1. The summed E-state index contributed by atoms with van der Waals surface area (Å²) in [5, 5.41) is 1.05. The number of benzene rings is 2. The van der Waals surface area contributed by atoms with E-state index in [9.17, 15) is 4.39 Å². The van der Waals surface area contributed by atoms with E-state index in [1.165, 1.54) is 22.9 Å². The van der Waals surface area contributed by atoms with Gasteiger partial charge in [-0.1, -0.05) is 30.3 Å². The number of aromatic amines is 1. The summed E-state index contributed by atoms with van der Waals surface area (Å²) in [5.74, 6) is -0.153. The molecule has 3 heteroatoms. The summed E-state index contributed by atoms with van der Waals surface area (Å²) < 4.78 is 13.5. The third-order valence-corrected chi connectivity index (χ3v) is 4.49. The summed E-state index contributed by atoms with van der Waals surface area (Å²) in [7, 11) is 0. The summed E-state index contributed by atoms with van der Waals surface area (Å²) in [6.45, 7) is 2.94. The number of aryl methyl sites for hydroxylation is 1. The second-order valence-corrected chi connectivity index (χ2v) is 6.07. The molecule has 0 saturated carbocycles. The highest BCUT2D eigenvalue weighted by Gasteiger charge is 2.19. The van der Waals surface area contributed by atoms with Gasteiger partial charge in [-0.25, -0.2) is 4.39 Å². The molecule has 4 rings (SSSR count). The van der Waals surface area contributed by atoms with Gasteiger partial charge in [0, 0.05) is 29.7 Å². The van der Waals surface area contributed by atoms with E-state index < -0.39 is 0 Å². The fourth-order valence-corrected chi connectivity index (χ4v) is 3.45. The van der Waals surface area contributed by atoms with Crippen LogP contribution in [-0.4, -0.2) is 16.4 Å². The van der Waals surface area contributed by atoms with Crippen LogP contribution in [0.3, 0.4) is 0 Å². The largest absolute Gasteiger partial charge is 0.357 e. The van der Waals surface area contributed by atoms with Crippen molar-refractivity contribution in [3.8, 4) is 0 Å². The van der Waals surface area contributed by atoms with Crippen LogP contribution in [0.4, 0.5) is 4.39 Å². The second-order valence-electron chi connectivity index (χ2n) is 6.07. The van der Waals surface area contributed by atoms with Crippen molar-refractivity contribution >= 4 is 10.9 Å². The van der Waals surface area contributed by atoms with Crippen LogP contribution >= 0.6 is 0 Å². The molecule has 0 unspecified atom stereocenters. The van der Waals surface area contributed by atoms with Crippen LogP contribution in [0.1, 0.15) is 23.2 Å². The van der Waals surface area contributed by atoms with E-state index in [4.69, 9.17) is 0 Å². The Morgan fingerprint density at radius 3 is 2.82 bits per heavy atom. The lowest BCUT2D eigenvalue weighted by atomic mass is 10.1. The highest BCUT2D eigenvalue weighted by molar-refractivity contribution is 5.84. The van der Waals surface area contributed by atoms with Crippen molar-refractivity contribution in [2.45, 2.75) is 25.9 Å². The Kier molecular flexibility index (Phi) is 3.43. The maximum absolute atomic E-state index is 13.5. The van der Waals surface area contributed by atoms with Gasteiger partial charge < -0.3 is 4.98 Å². The molecule has 0 fully saturated rings. The van der Waals surface area contributed by atoms with Gasteiger partial charge in [0.1, 0.15) is 5.82 Å². The number of aromatic nitrogens is 1. The van der Waals surface area contributed by atoms with Gasteiger partial charge in [0.05, 0.1) is 0 Å². The van der Waals surface area contributed by atoms with Crippen molar-refractivity contribution in [1.29, 1.82) is 0 Å². The van der Waals surface area contributed by atoms with Gasteiger partial charge in [0.25, 0.3) is 0 Å². The predicted molar refractivity (Wildman–Crippen MR) is 87.1 cm³/mol. The number of halogens is 1. The van der Waals surface area contributed by atoms with Crippen molar-refractivity contribution in [2.24, 2.45) is 0 Å².